The van der Waals surface area contributed by atoms with Crippen LogP contribution in [-0.2, 0) is 0 Å². The van der Waals surface area contributed by atoms with Crippen LogP contribution in [0.4, 0.5) is 0 Å². The van der Waals surface area contributed by atoms with Gasteiger partial charge in [0.1, 0.15) is 0 Å². The molecule has 2 N–H and O–H groups in total. The normalized spacial score (nSPS) is 11.9. The zero-order valence-corrected chi connectivity index (χ0v) is 6.79. The van der Waals surface area contributed by atoms with Gasteiger partial charge >= 0.3 is 0 Å². The Balaban J connectivity index is 3.23. The van der Waals surface area contributed by atoms with Crippen molar-refractivity contribution in [1.29, 1.82) is 0 Å². The summed E-state index contributed by atoms with van der Waals surface area (Å²) in [6.07, 6.45) is 0. The van der Waals surface area contributed by atoms with Crippen LogP contribution < -0.4 is 5.73 Å². The second-order valence-electron chi connectivity index (χ2n) is 1.70. The lowest BCUT2D eigenvalue weighted by Gasteiger charge is -1.99. The molecule has 0 fully saturated rings. The molecule has 0 saturated heterocycles. The minimum atomic E-state index is 0.443. The number of hydrogen-bond acceptors (Lipinski definition) is 2. The SMILES string of the molecule is CC#CC(C)SCCN. The minimum Gasteiger partial charge on any atom is -0.330 e. The molecule has 1 atom stereocenters. The van der Waals surface area contributed by atoms with Gasteiger partial charge in [0, 0.05) is 12.3 Å². The molecule has 0 rings (SSSR count). The molecule has 9 heavy (non-hydrogen) atoms. The van der Waals surface area contributed by atoms with Crippen molar-refractivity contribution >= 4 is 11.8 Å². The second kappa shape index (κ2) is 6.00. The fraction of sp³-hybridized carbons (Fsp3) is 0.714. The highest BCUT2D eigenvalue weighted by molar-refractivity contribution is 8.00. The first kappa shape index (κ1) is 8.87. The Morgan fingerprint density at radius 2 is 2.33 bits per heavy atom. The lowest BCUT2D eigenvalue weighted by Crippen LogP contribution is -2.04. The van der Waals surface area contributed by atoms with Gasteiger partial charge < -0.3 is 5.73 Å². The van der Waals surface area contributed by atoms with Crippen LogP contribution >= 0.6 is 11.8 Å². The molecular weight excluding hydrogens is 130 g/mol. The van der Waals surface area contributed by atoms with E-state index in [0.29, 0.717) is 5.25 Å². The summed E-state index contributed by atoms with van der Waals surface area (Å²) in [5.41, 5.74) is 5.30. The van der Waals surface area contributed by atoms with Crippen LogP contribution in [-0.4, -0.2) is 17.5 Å². The molecule has 52 valence electrons. The zero-order valence-electron chi connectivity index (χ0n) is 5.98. The topological polar surface area (TPSA) is 26.0 Å². The van der Waals surface area contributed by atoms with Crippen LogP contribution in [0.1, 0.15) is 13.8 Å². The predicted octanol–water partition coefficient (Wildman–Crippen LogP) is 1.09. The summed E-state index contributed by atoms with van der Waals surface area (Å²) in [6, 6.07) is 0. The van der Waals surface area contributed by atoms with Gasteiger partial charge in [-0.25, -0.2) is 0 Å². The summed E-state index contributed by atoms with van der Waals surface area (Å²) in [5.74, 6) is 6.91. The first-order chi connectivity index (χ1) is 4.31. The first-order valence-electron chi connectivity index (χ1n) is 3.05. The van der Waals surface area contributed by atoms with Gasteiger partial charge in [0.05, 0.1) is 5.25 Å². The third-order valence-corrected chi connectivity index (χ3v) is 1.92. The Kier molecular flexibility index (Phi) is 5.91. The molecule has 0 bridgehead atoms. The maximum Gasteiger partial charge on any atom is 0.0629 e. The fourth-order valence-corrected chi connectivity index (χ4v) is 1.18. The summed E-state index contributed by atoms with van der Waals surface area (Å²) in [4.78, 5) is 0. The van der Waals surface area contributed by atoms with Crippen molar-refractivity contribution in [2.75, 3.05) is 12.3 Å². The van der Waals surface area contributed by atoms with Crippen molar-refractivity contribution in [3.63, 3.8) is 0 Å². The van der Waals surface area contributed by atoms with Crippen LogP contribution in [0.5, 0.6) is 0 Å². The summed E-state index contributed by atoms with van der Waals surface area (Å²) < 4.78 is 0. The lowest BCUT2D eigenvalue weighted by atomic mass is 10.5. The zero-order chi connectivity index (χ0) is 7.11. The molecule has 0 aliphatic rings. The Morgan fingerprint density at radius 1 is 1.67 bits per heavy atom. The van der Waals surface area contributed by atoms with Crippen LogP contribution in [0.15, 0.2) is 0 Å². The molecule has 0 aromatic heterocycles. The Labute approximate surface area is 61.4 Å². The number of thioether (sulfide) groups is 1. The van der Waals surface area contributed by atoms with Gasteiger partial charge in [-0.1, -0.05) is 5.92 Å². The monoisotopic (exact) mass is 143 g/mol. The van der Waals surface area contributed by atoms with E-state index in [0.717, 1.165) is 12.3 Å². The molecule has 0 spiro atoms. The molecule has 0 aliphatic carbocycles. The number of nitrogens with two attached hydrogens (primary N) is 1. The van der Waals surface area contributed by atoms with Gasteiger partial charge in [-0.05, 0) is 13.8 Å². The molecule has 0 saturated carbocycles. The van der Waals surface area contributed by atoms with Gasteiger partial charge in [0.25, 0.3) is 0 Å². The Hall–Kier alpha value is -0.130. The maximum absolute atomic E-state index is 5.30. The van der Waals surface area contributed by atoms with Crippen molar-refractivity contribution in [3.8, 4) is 11.8 Å². The highest BCUT2D eigenvalue weighted by Crippen LogP contribution is 2.06. The predicted molar refractivity (Wildman–Crippen MR) is 44.4 cm³/mol. The summed E-state index contributed by atoms with van der Waals surface area (Å²) in [5, 5.41) is 0.443. The molecule has 2 heteroatoms. The van der Waals surface area contributed by atoms with Crippen LogP contribution in [0, 0.1) is 11.8 Å². The van der Waals surface area contributed by atoms with Gasteiger partial charge in [-0.15, -0.1) is 17.7 Å². The van der Waals surface area contributed by atoms with E-state index in [9.17, 15) is 0 Å². The Bertz CT molecular complexity index is 112. The van der Waals surface area contributed by atoms with Gasteiger partial charge in [-0.2, -0.15) is 0 Å². The van der Waals surface area contributed by atoms with Crippen LogP contribution in [0.3, 0.4) is 0 Å². The minimum absolute atomic E-state index is 0.443. The van der Waals surface area contributed by atoms with E-state index in [4.69, 9.17) is 5.73 Å². The average Bonchev–Trinajstić information content (AvgIpc) is 1.85. The first-order valence-corrected chi connectivity index (χ1v) is 4.10. The average molecular weight is 143 g/mol. The molecule has 1 unspecified atom stereocenters. The summed E-state index contributed by atoms with van der Waals surface area (Å²) in [6.45, 7) is 4.71. The van der Waals surface area contributed by atoms with E-state index < -0.39 is 0 Å². The van der Waals surface area contributed by atoms with Crippen LogP contribution in [0.25, 0.3) is 0 Å². The van der Waals surface area contributed by atoms with E-state index in [1.54, 1.807) is 11.8 Å². The lowest BCUT2D eigenvalue weighted by molar-refractivity contribution is 1.14. The van der Waals surface area contributed by atoms with E-state index in [1.165, 1.54) is 0 Å². The van der Waals surface area contributed by atoms with Gasteiger partial charge in [0.2, 0.25) is 0 Å². The van der Waals surface area contributed by atoms with E-state index in [2.05, 4.69) is 18.8 Å². The Morgan fingerprint density at radius 3 is 2.78 bits per heavy atom. The maximum atomic E-state index is 5.30. The highest BCUT2D eigenvalue weighted by Gasteiger charge is 1.93. The van der Waals surface area contributed by atoms with Gasteiger partial charge in [0.15, 0.2) is 0 Å². The van der Waals surface area contributed by atoms with E-state index >= 15 is 0 Å². The van der Waals surface area contributed by atoms with Gasteiger partial charge in [-0.3, -0.25) is 0 Å². The smallest absolute Gasteiger partial charge is 0.0629 e. The van der Waals surface area contributed by atoms with Crippen molar-refractivity contribution in [2.24, 2.45) is 5.73 Å². The van der Waals surface area contributed by atoms with Crippen molar-refractivity contribution < 1.29 is 0 Å². The molecule has 0 radical (unpaired) electrons. The van der Waals surface area contributed by atoms with E-state index in [1.807, 2.05) is 6.92 Å². The van der Waals surface area contributed by atoms with Crippen molar-refractivity contribution in [2.45, 2.75) is 19.1 Å². The van der Waals surface area contributed by atoms with E-state index in [-0.39, 0.29) is 0 Å². The molecule has 0 amide bonds. The largest absolute Gasteiger partial charge is 0.330 e. The quantitative estimate of drug-likeness (QED) is 0.598. The van der Waals surface area contributed by atoms with Crippen molar-refractivity contribution in [3.05, 3.63) is 0 Å². The molecule has 0 aliphatic heterocycles. The third kappa shape index (κ3) is 5.75. The number of hydrogen-bond donors (Lipinski definition) is 1. The summed E-state index contributed by atoms with van der Waals surface area (Å²) >= 11 is 1.80. The molecule has 0 aromatic rings. The molecule has 0 aromatic carbocycles. The summed E-state index contributed by atoms with van der Waals surface area (Å²) in [7, 11) is 0. The van der Waals surface area contributed by atoms with Crippen molar-refractivity contribution in [1.82, 2.24) is 0 Å². The fourth-order valence-electron chi connectivity index (χ4n) is 0.490. The number of rotatable bonds is 3. The highest BCUT2D eigenvalue weighted by atomic mass is 32.2. The molecule has 1 nitrogen and oxygen atoms in total. The second-order valence-corrected chi connectivity index (χ2v) is 3.14. The molecular formula is C7H13NS. The van der Waals surface area contributed by atoms with Crippen LogP contribution in [0.2, 0.25) is 0 Å². The standard InChI is InChI=1S/C7H13NS/c1-3-4-7(2)9-6-5-8/h7H,5-6,8H2,1-2H3. The molecule has 0 heterocycles. The third-order valence-electron chi connectivity index (χ3n) is 0.833.